The van der Waals surface area contributed by atoms with Crippen LogP contribution in [-0.2, 0) is 0 Å². The molecule has 1 N–H and O–H groups in total. The molecule has 16 heavy (non-hydrogen) atoms. The van der Waals surface area contributed by atoms with Crippen molar-refractivity contribution in [2.75, 3.05) is 6.54 Å². The molecule has 0 aliphatic heterocycles. The zero-order valence-electron chi connectivity index (χ0n) is 11.8. The standard InChI is InChI=1S/C15H29N/c1-7-9-10-14(16-11-8-2)12-13(3)15(4,5)6/h1,13-14,16H,8-12H2,2-6H3. The highest BCUT2D eigenvalue weighted by atomic mass is 14.9. The summed E-state index contributed by atoms with van der Waals surface area (Å²) in [5.41, 5.74) is 0.391. The number of hydrogen-bond donors (Lipinski definition) is 1. The molecule has 2 atom stereocenters. The van der Waals surface area contributed by atoms with Gasteiger partial charge >= 0.3 is 0 Å². The van der Waals surface area contributed by atoms with E-state index in [1.807, 2.05) is 0 Å². The van der Waals surface area contributed by atoms with Crippen molar-refractivity contribution in [1.29, 1.82) is 0 Å². The Morgan fingerprint density at radius 2 is 1.94 bits per heavy atom. The quantitative estimate of drug-likeness (QED) is 0.647. The van der Waals surface area contributed by atoms with Gasteiger partial charge in [0.2, 0.25) is 0 Å². The number of terminal acetylenes is 1. The van der Waals surface area contributed by atoms with Gasteiger partial charge in [0, 0.05) is 12.5 Å². The Morgan fingerprint density at radius 3 is 2.38 bits per heavy atom. The minimum atomic E-state index is 0.391. The van der Waals surface area contributed by atoms with Crippen molar-refractivity contribution in [1.82, 2.24) is 5.32 Å². The molecule has 1 heteroatoms. The van der Waals surface area contributed by atoms with Crippen molar-refractivity contribution in [3.05, 3.63) is 0 Å². The lowest BCUT2D eigenvalue weighted by molar-refractivity contribution is 0.219. The van der Waals surface area contributed by atoms with E-state index in [4.69, 9.17) is 6.42 Å². The van der Waals surface area contributed by atoms with E-state index in [2.05, 4.69) is 45.9 Å². The highest BCUT2D eigenvalue weighted by Gasteiger charge is 2.22. The molecule has 0 saturated carbocycles. The topological polar surface area (TPSA) is 12.0 Å². The maximum atomic E-state index is 5.34. The SMILES string of the molecule is C#CCCC(CC(C)C(C)(C)C)NCCC. The summed E-state index contributed by atoms with van der Waals surface area (Å²) in [6.07, 6.45) is 9.76. The van der Waals surface area contributed by atoms with Crippen molar-refractivity contribution < 1.29 is 0 Å². The smallest absolute Gasteiger partial charge is 0.0101 e. The first-order chi connectivity index (χ1) is 7.41. The fraction of sp³-hybridized carbons (Fsp3) is 0.867. The molecule has 1 nitrogen and oxygen atoms in total. The molecule has 0 aliphatic rings. The normalized spacial score (nSPS) is 15.5. The minimum Gasteiger partial charge on any atom is -0.314 e. The van der Waals surface area contributed by atoms with Gasteiger partial charge in [-0.05, 0) is 37.1 Å². The molecular formula is C15H29N. The van der Waals surface area contributed by atoms with Gasteiger partial charge in [0.25, 0.3) is 0 Å². The van der Waals surface area contributed by atoms with Crippen molar-refractivity contribution in [2.45, 2.75) is 66.3 Å². The van der Waals surface area contributed by atoms with Gasteiger partial charge in [-0.25, -0.2) is 0 Å². The van der Waals surface area contributed by atoms with Crippen LogP contribution in [0.4, 0.5) is 0 Å². The summed E-state index contributed by atoms with van der Waals surface area (Å²) in [5, 5.41) is 3.61. The summed E-state index contributed by atoms with van der Waals surface area (Å²) in [4.78, 5) is 0. The third kappa shape index (κ3) is 6.90. The predicted molar refractivity (Wildman–Crippen MR) is 73.4 cm³/mol. The number of nitrogens with one attached hydrogen (secondary N) is 1. The molecule has 0 spiro atoms. The van der Waals surface area contributed by atoms with E-state index in [9.17, 15) is 0 Å². The first-order valence-corrected chi connectivity index (χ1v) is 6.58. The molecule has 0 fully saturated rings. The summed E-state index contributed by atoms with van der Waals surface area (Å²) in [5.74, 6) is 3.47. The van der Waals surface area contributed by atoms with Crippen molar-refractivity contribution in [3.8, 4) is 12.3 Å². The Kier molecular flexibility index (Phi) is 7.51. The molecule has 0 heterocycles. The maximum Gasteiger partial charge on any atom is 0.0101 e. The summed E-state index contributed by atoms with van der Waals surface area (Å²) < 4.78 is 0. The van der Waals surface area contributed by atoms with Crippen LogP contribution in [0.5, 0.6) is 0 Å². The van der Waals surface area contributed by atoms with Crippen molar-refractivity contribution in [2.24, 2.45) is 11.3 Å². The monoisotopic (exact) mass is 223 g/mol. The van der Waals surface area contributed by atoms with E-state index in [1.54, 1.807) is 0 Å². The van der Waals surface area contributed by atoms with E-state index in [0.29, 0.717) is 11.5 Å². The molecule has 0 radical (unpaired) electrons. The van der Waals surface area contributed by atoms with Gasteiger partial charge in [-0.1, -0.05) is 34.6 Å². The summed E-state index contributed by atoms with van der Waals surface area (Å²) in [6.45, 7) is 12.6. The van der Waals surface area contributed by atoms with Gasteiger partial charge in [0.1, 0.15) is 0 Å². The number of rotatable bonds is 7. The first-order valence-electron chi connectivity index (χ1n) is 6.58. The lowest BCUT2D eigenvalue weighted by atomic mass is 9.78. The summed E-state index contributed by atoms with van der Waals surface area (Å²) in [6, 6.07) is 0.588. The summed E-state index contributed by atoms with van der Waals surface area (Å²) in [7, 11) is 0. The Bertz CT molecular complexity index is 206. The molecule has 2 unspecified atom stereocenters. The highest BCUT2D eigenvalue weighted by Crippen LogP contribution is 2.29. The van der Waals surface area contributed by atoms with E-state index in [1.165, 1.54) is 12.8 Å². The average molecular weight is 223 g/mol. The van der Waals surface area contributed by atoms with Gasteiger partial charge in [0.15, 0.2) is 0 Å². The fourth-order valence-electron chi connectivity index (χ4n) is 1.69. The minimum absolute atomic E-state index is 0.391. The second-order valence-electron chi connectivity index (χ2n) is 5.90. The first kappa shape index (κ1) is 15.5. The van der Waals surface area contributed by atoms with Crippen LogP contribution in [0.3, 0.4) is 0 Å². The predicted octanol–water partition coefficient (Wildman–Crippen LogP) is 3.84. The lowest BCUT2D eigenvalue weighted by Gasteiger charge is -2.31. The molecule has 0 aliphatic carbocycles. The third-order valence-corrected chi connectivity index (χ3v) is 3.44. The third-order valence-electron chi connectivity index (χ3n) is 3.44. The molecule has 0 aromatic carbocycles. The van der Waals surface area contributed by atoms with Crippen LogP contribution in [0.2, 0.25) is 0 Å². The van der Waals surface area contributed by atoms with Gasteiger partial charge < -0.3 is 5.32 Å². The largest absolute Gasteiger partial charge is 0.314 e. The Labute approximate surface area is 102 Å². The second kappa shape index (κ2) is 7.74. The molecular weight excluding hydrogens is 194 g/mol. The van der Waals surface area contributed by atoms with Crippen LogP contribution in [-0.4, -0.2) is 12.6 Å². The molecule has 0 saturated heterocycles. The van der Waals surface area contributed by atoms with E-state index in [0.717, 1.165) is 25.3 Å². The van der Waals surface area contributed by atoms with Gasteiger partial charge in [-0.15, -0.1) is 12.3 Å². The molecule has 0 bridgehead atoms. The van der Waals surface area contributed by atoms with Crippen LogP contribution in [0.1, 0.15) is 60.3 Å². The fourth-order valence-corrected chi connectivity index (χ4v) is 1.69. The Hall–Kier alpha value is -0.480. The molecule has 0 aromatic heterocycles. The van der Waals surface area contributed by atoms with E-state index in [-0.39, 0.29) is 0 Å². The number of hydrogen-bond acceptors (Lipinski definition) is 1. The van der Waals surface area contributed by atoms with Crippen LogP contribution in [0.15, 0.2) is 0 Å². The highest BCUT2D eigenvalue weighted by molar-refractivity contribution is 4.87. The Morgan fingerprint density at radius 1 is 1.31 bits per heavy atom. The van der Waals surface area contributed by atoms with Crippen molar-refractivity contribution >= 4 is 0 Å². The summed E-state index contributed by atoms with van der Waals surface area (Å²) >= 11 is 0. The van der Waals surface area contributed by atoms with Gasteiger partial charge in [-0.2, -0.15) is 0 Å². The zero-order chi connectivity index (χ0) is 12.6. The molecule has 0 rings (SSSR count). The van der Waals surface area contributed by atoms with Crippen LogP contribution in [0, 0.1) is 23.7 Å². The average Bonchev–Trinajstić information content (AvgIpc) is 2.20. The van der Waals surface area contributed by atoms with Crippen molar-refractivity contribution in [3.63, 3.8) is 0 Å². The molecule has 0 aromatic rings. The van der Waals surface area contributed by atoms with E-state index >= 15 is 0 Å². The van der Waals surface area contributed by atoms with Crippen LogP contribution in [0.25, 0.3) is 0 Å². The Balaban J connectivity index is 4.14. The molecule has 94 valence electrons. The molecule has 0 amide bonds. The van der Waals surface area contributed by atoms with Crippen LogP contribution >= 0.6 is 0 Å². The van der Waals surface area contributed by atoms with Gasteiger partial charge in [0.05, 0.1) is 0 Å². The lowest BCUT2D eigenvalue weighted by Crippen LogP contribution is -2.34. The zero-order valence-corrected chi connectivity index (χ0v) is 11.8. The maximum absolute atomic E-state index is 5.34. The van der Waals surface area contributed by atoms with Crippen LogP contribution < -0.4 is 5.32 Å². The van der Waals surface area contributed by atoms with E-state index < -0.39 is 0 Å². The second-order valence-corrected chi connectivity index (χ2v) is 5.90. The van der Waals surface area contributed by atoms with Gasteiger partial charge in [-0.3, -0.25) is 0 Å².